The lowest BCUT2D eigenvalue weighted by atomic mass is 10.2. The summed E-state index contributed by atoms with van der Waals surface area (Å²) in [6.45, 7) is 0.180. The highest BCUT2D eigenvalue weighted by Gasteiger charge is 2.08. The van der Waals surface area contributed by atoms with E-state index in [-0.39, 0.29) is 19.0 Å². The largest absolute Gasteiger partial charge is 0.486 e. The van der Waals surface area contributed by atoms with Crippen LogP contribution < -0.4 is 0 Å². The topological polar surface area (TPSA) is 66.8 Å². The van der Waals surface area contributed by atoms with Crippen molar-refractivity contribution >= 4 is 12.0 Å². The predicted molar refractivity (Wildman–Crippen MR) is 59.7 cm³/mol. The summed E-state index contributed by atoms with van der Waals surface area (Å²) in [6, 6.07) is 9.07. The average molecular weight is 222 g/mol. The van der Waals surface area contributed by atoms with Crippen molar-refractivity contribution in [2.24, 2.45) is 0 Å². The molecule has 1 rings (SSSR count). The zero-order valence-corrected chi connectivity index (χ0v) is 8.80. The van der Waals surface area contributed by atoms with Crippen molar-refractivity contribution in [3.63, 3.8) is 0 Å². The summed E-state index contributed by atoms with van der Waals surface area (Å²) in [5.74, 6) is -1.22. The maximum atomic E-state index is 10.8. The van der Waals surface area contributed by atoms with Crippen molar-refractivity contribution in [2.45, 2.75) is 6.42 Å². The Morgan fingerprint density at radius 3 is 2.56 bits per heavy atom. The molecule has 0 saturated heterocycles. The lowest BCUT2D eigenvalue weighted by molar-refractivity contribution is -0.136. The van der Waals surface area contributed by atoms with Crippen molar-refractivity contribution < 1.29 is 19.7 Å². The van der Waals surface area contributed by atoms with Crippen LogP contribution in [0.2, 0.25) is 0 Å². The van der Waals surface area contributed by atoms with E-state index in [1.807, 2.05) is 18.2 Å². The van der Waals surface area contributed by atoms with E-state index in [1.54, 1.807) is 12.1 Å². The number of aliphatic hydroxyl groups excluding tert-OH is 1. The van der Waals surface area contributed by atoms with Crippen LogP contribution in [0, 0.1) is 0 Å². The third-order valence-electron chi connectivity index (χ3n) is 1.87. The monoisotopic (exact) mass is 222 g/mol. The molecule has 0 atom stereocenters. The van der Waals surface area contributed by atoms with Gasteiger partial charge in [0.1, 0.15) is 0 Å². The van der Waals surface area contributed by atoms with E-state index in [2.05, 4.69) is 0 Å². The van der Waals surface area contributed by atoms with Gasteiger partial charge >= 0.3 is 5.97 Å². The quantitative estimate of drug-likeness (QED) is 0.435. The van der Waals surface area contributed by atoms with Gasteiger partial charge in [-0.2, -0.15) is 0 Å². The standard InChI is InChI=1S/C12H14O4/c13-7-4-8-16-11(12(14)15)9-10-5-2-1-3-6-10/h1-3,5-6,9,13H,4,7-8H2,(H,14,15). The number of rotatable bonds is 6. The Morgan fingerprint density at radius 1 is 1.31 bits per heavy atom. The molecular weight excluding hydrogens is 208 g/mol. The normalized spacial score (nSPS) is 11.2. The van der Waals surface area contributed by atoms with Gasteiger partial charge in [-0.3, -0.25) is 0 Å². The molecule has 0 aromatic heterocycles. The van der Waals surface area contributed by atoms with Crippen LogP contribution in [0.25, 0.3) is 6.08 Å². The lowest BCUT2D eigenvalue weighted by Crippen LogP contribution is -2.06. The first-order chi connectivity index (χ1) is 7.74. The first-order valence-corrected chi connectivity index (χ1v) is 4.97. The molecule has 0 bridgehead atoms. The molecule has 0 heterocycles. The molecule has 0 aliphatic rings. The smallest absolute Gasteiger partial charge is 0.371 e. The van der Waals surface area contributed by atoms with Gasteiger partial charge in [0.25, 0.3) is 0 Å². The molecule has 1 aromatic rings. The second kappa shape index (κ2) is 6.63. The molecule has 86 valence electrons. The highest BCUT2D eigenvalue weighted by molar-refractivity contribution is 5.89. The fourth-order valence-corrected chi connectivity index (χ4v) is 1.11. The number of carboxylic acids is 1. The van der Waals surface area contributed by atoms with Crippen LogP contribution in [-0.4, -0.2) is 29.4 Å². The van der Waals surface area contributed by atoms with E-state index in [1.165, 1.54) is 6.08 Å². The maximum absolute atomic E-state index is 10.8. The molecule has 0 spiro atoms. The maximum Gasteiger partial charge on any atom is 0.371 e. The van der Waals surface area contributed by atoms with Gasteiger partial charge in [0.15, 0.2) is 0 Å². The molecule has 0 unspecified atom stereocenters. The van der Waals surface area contributed by atoms with Gasteiger partial charge in [-0.05, 0) is 11.6 Å². The molecule has 2 N–H and O–H groups in total. The third-order valence-corrected chi connectivity index (χ3v) is 1.87. The highest BCUT2D eigenvalue weighted by atomic mass is 16.5. The number of aliphatic hydroxyl groups is 1. The Balaban J connectivity index is 2.70. The van der Waals surface area contributed by atoms with Crippen LogP contribution in [0.4, 0.5) is 0 Å². The van der Waals surface area contributed by atoms with Crippen molar-refractivity contribution in [2.75, 3.05) is 13.2 Å². The fourth-order valence-electron chi connectivity index (χ4n) is 1.11. The molecule has 4 nitrogen and oxygen atoms in total. The number of hydrogen-bond acceptors (Lipinski definition) is 3. The number of ether oxygens (including phenoxy) is 1. The number of benzene rings is 1. The van der Waals surface area contributed by atoms with Gasteiger partial charge in [0.2, 0.25) is 5.76 Å². The van der Waals surface area contributed by atoms with Crippen molar-refractivity contribution in [3.8, 4) is 0 Å². The molecule has 0 aliphatic heterocycles. The first-order valence-electron chi connectivity index (χ1n) is 4.97. The summed E-state index contributed by atoms with van der Waals surface area (Å²) >= 11 is 0. The number of aliphatic carboxylic acids is 1. The Hall–Kier alpha value is -1.81. The molecule has 0 fully saturated rings. The van der Waals surface area contributed by atoms with E-state index in [9.17, 15) is 4.79 Å². The Labute approximate surface area is 93.8 Å². The number of carbonyl (C=O) groups is 1. The number of hydrogen-bond donors (Lipinski definition) is 2. The fraction of sp³-hybridized carbons (Fsp3) is 0.250. The predicted octanol–water partition coefficient (Wildman–Crippen LogP) is 1.51. The number of carboxylic acid groups (broad SMARTS) is 1. The minimum Gasteiger partial charge on any atom is -0.486 e. The van der Waals surface area contributed by atoms with Crippen LogP contribution in [0.1, 0.15) is 12.0 Å². The minimum absolute atomic E-state index is 0.0156. The molecular formula is C12H14O4. The van der Waals surface area contributed by atoms with Gasteiger partial charge in [-0.25, -0.2) is 4.79 Å². The second-order valence-electron chi connectivity index (χ2n) is 3.15. The van der Waals surface area contributed by atoms with Crippen LogP contribution in [0.3, 0.4) is 0 Å². The average Bonchev–Trinajstić information content (AvgIpc) is 2.29. The highest BCUT2D eigenvalue weighted by Crippen LogP contribution is 2.08. The second-order valence-corrected chi connectivity index (χ2v) is 3.15. The summed E-state index contributed by atoms with van der Waals surface area (Å²) in [7, 11) is 0. The summed E-state index contributed by atoms with van der Waals surface area (Å²) < 4.78 is 5.05. The Morgan fingerprint density at radius 2 is 2.00 bits per heavy atom. The minimum atomic E-state index is -1.11. The van der Waals surface area contributed by atoms with Crippen LogP contribution in [0.5, 0.6) is 0 Å². The van der Waals surface area contributed by atoms with Crippen molar-refractivity contribution in [3.05, 3.63) is 41.7 Å². The molecule has 0 radical (unpaired) electrons. The SMILES string of the molecule is O=C(O)C(=Cc1ccccc1)OCCCO. The molecule has 0 aliphatic carbocycles. The zero-order chi connectivity index (χ0) is 11.8. The Bertz CT molecular complexity index is 357. The van der Waals surface area contributed by atoms with Crippen molar-refractivity contribution in [1.29, 1.82) is 0 Å². The molecule has 0 amide bonds. The van der Waals surface area contributed by atoms with Crippen LogP contribution in [0.15, 0.2) is 36.1 Å². The van der Waals surface area contributed by atoms with E-state index in [0.29, 0.717) is 6.42 Å². The molecule has 16 heavy (non-hydrogen) atoms. The zero-order valence-electron chi connectivity index (χ0n) is 8.80. The molecule has 4 heteroatoms. The van der Waals surface area contributed by atoms with E-state index < -0.39 is 5.97 Å². The van der Waals surface area contributed by atoms with Gasteiger partial charge in [0, 0.05) is 13.0 Å². The van der Waals surface area contributed by atoms with E-state index >= 15 is 0 Å². The van der Waals surface area contributed by atoms with E-state index in [0.717, 1.165) is 5.56 Å². The summed E-state index contributed by atoms with van der Waals surface area (Å²) in [4.78, 5) is 10.8. The van der Waals surface area contributed by atoms with Crippen LogP contribution in [-0.2, 0) is 9.53 Å². The lowest BCUT2D eigenvalue weighted by Gasteiger charge is -2.05. The van der Waals surface area contributed by atoms with Gasteiger partial charge in [0.05, 0.1) is 6.61 Å². The van der Waals surface area contributed by atoms with Crippen molar-refractivity contribution in [1.82, 2.24) is 0 Å². The van der Waals surface area contributed by atoms with Crippen LogP contribution >= 0.6 is 0 Å². The van der Waals surface area contributed by atoms with Gasteiger partial charge in [-0.15, -0.1) is 0 Å². The summed E-state index contributed by atoms with van der Waals surface area (Å²) in [5.41, 5.74) is 0.767. The van der Waals surface area contributed by atoms with Gasteiger partial charge in [-0.1, -0.05) is 30.3 Å². The first kappa shape index (κ1) is 12.3. The van der Waals surface area contributed by atoms with E-state index in [4.69, 9.17) is 14.9 Å². The molecule has 0 saturated carbocycles. The summed E-state index contributed by atoms with van der Waals surface area (Å²) in [6.07, 6.45) is 1.87. The summed E-state index contributed by atoms with van der Waals surface area (Å²) in [5, 5.41) is 17.4. The molecule has 1 aromatic carbocycles. The van der Waals surface area contributed by atoms with Gasteiger partial charge < -0.3 is 14.9 Å². The third kappa shape index (κ3) is 4.14. The Kier molecular flexibility index (Phi) is 5.08.